The molecule has 1 unspecified atom stereocenters. The lowest BCUT2D eigenvalue weighted by Crippen LogP contribution is -2.24. The van der Waals surface area contributed by atoms with Crippen molar-refractivity contribution in [3.05, 3.63) is 46.8 Å². The molecule has 1 aliphatic rings. The van der Waals surface area contributed by atoms with Crippen LogP contribution in [0.3, 0.4) is 0 Å². The van der Waals surface area contributed by atoms with Crippen molar-refractivity contribution >= 4 is 11.7 Å². The Morgan fingerprint density at radius 3 is 2.77 bits per heavy atom. The fraction of sp³-hybridized carbons (Fsp3) is 0.312. The van der Waals surface area contributed by atoms with Gasteiger partial charge in [-0.15, -0.1) is 0 Å². The van der Waals surface area contributed by atoms with Crippen LogP contribution in [0.25, 0.3) is 0 Å². The van der Waals surface area contributed by atoms with Crippen LogP contribution in [0.2, 0.25) is 0 Å². The van der Waals surface area contributed by atoms with Gasteiger partial charge in [0.1, 0.15) is 5.75 Å². The van der Waals surface area contributed by atoms with Crippen LogP contribution < -0.4 is 10.5 Å². The third-order valence-electron chi connectivity index (χ3n) is 4.05. The molecule has 2 aromatic rings. The summed E-state index contributed by atoms with van der Waals surface area (Å²) in [6, 6.07) is 7.87. The highest BCUT2D eigenvalue weighted by Gasteiger charge is 2.30. The second-order valence-corrected chi connectivity index (χ2v) is 5.38. The third-order valence-corrected chi connectivity index (χ3v) is 4.05. The van der Waals surface area contributed by atoms with Gasteiger partial charge in [0, 0.05) is 12.0 Å². The molecule has 0 spiro atoms. The van der Waals surface area contributed by atoms with Gasteiger partial charge in [-0.3, -0.25) is 0 Å². The number of nitrogens with two attached hydrogens (primary N) is 1. The number of aryl methyl sites for hydroxylation is 1. The molecule has 6 nitrogen and oxygen atoms in total. The minimum absolute atomic E-state index is 0.128. The number of oxime groups is 1. The molecule has 6 heteroatoms. The van der Waals surface area contributed by atoms with Crippen molar-refractivity contribution in [1.82, 2.24) is 9.97 Å². The van der Waals surface area contributed by atoms with Gasteiger partial charge in [0.25, 0.3) is 0 Å². The van der Waals surface area contributed by atoms with Gasteiger partial charge in [-0.05, 0) is 30.9 Å². The van der Waals surface area contributed by atoms with E-state index in [4.69, 9.17) is 10.5 Å². The molecule has 1 aliphatic carbocycles. The number of para-hydroxylation sites is 1. The molecule has 0 amide bonds. The molecule has 1 aromatic heterocycles. The van der Waals surface area contributed by atoms with Gasteiger partial charge in [0.2, 0.25) is 5.95 Å². The average molecular weight is 298 g/mol. The molecule has 114 valence electrons. The van der Waals surface area contributed by atoms with Crippen LogP contribution in [0.4, 0.5) is 5.95 Å². The normalized spacial score (nSPS) is 19.0. The molecule has 22 heavy (non-hydrogen) atoms. The number of nitrogens with zero attached hydrogens (tertiary/aromatic N) is 3. The molecular formula is C16H18N4O2. The third kappa shape index (κ3) is 2.36. The quantitative estimate of drug-likeness (QED) is 0.655. The first-order valence-corrected chi connectivity index (χ1v) is 7.11. The maximum absolute atomic E-state index is 9.39. The molecule has 3 N–H and O–H groups in total. The molecule has 1 heterocycles. The van der Waals surface area contributed by atoms with Crippen molar-refractivity contribution in [3.63, 3.8) is 0 Å². The summed E-state index contributed by atoms with van der Waals surface area (Å²) in [4.78, 5) is 8.50. The predicted molar refractivity (Wildman–Crippen MR) is 83.6 cm³/mol. The molecule has 0 fully saturated rings. The summed E-state index contributed by atoms with van der Waals surface area (Å²) in [5.74, 6) is 1.20. The molecule has 0 radical (unpaired) electrons. The van der Waals surface area contributed by atoms with Gasteiger partial charge in [0.05, 0.1) is 24.2 Å². The minimum atomic E-state index is 0.128. The number of hydrogen-bond acceptors (Lipinski definition) is 6. The number of ether oxygens (including phenoxy) is 1. The first-order chi connectivity index (χ1) is 10.6. The van der Waals surface area contributed by atoms with Crippen molar-refractivity contribution in [2.24, 2.45) is 5.16 Å². The van der Waals surface area contributed by atoms with E-state index in [2.05, 4.69) is 15.1 Å². The van der Waals surface area contributed by atoms with Crippen LogP contribution in [-0.4, -0.2) is 28.0 Å². The Morgan fingerprint density at radius 2 is 2.05 bits per heavy atom. The first kappa shape index (κ1) is 14.3. The van der Waals surface area contributed by atoms with Crippen LogP contribution in [0.1, 0.15) is 34.9 Å². The number of aromatic nitrogens is 2. The number of anilines is 1. The van der Waals surface area contributed by atoms with Gasteiger partial charge >= 0.3 is 0 Å². The van der Waals surface area contributed by atoms with Crippen LogP contribution in [0, 0.1) is 6.92 Å². The molecule has 1 aromatic carbocycles. The second-order valence-electron chi connectivity index (χ2n) is 5.38. The lowest BCUT2D eigenvalue weighted by Gasteiger charge is -2.26. The maximum Gasteiger partial charge on any atom is 0.220 e. The summed E-state index contributed by atoms with van der Waals surface area (Å²) >= 11 is 0. The average Bonchev–Trinajstić information content (AvgIpc) is 2.53. The molecule has 0 aliphatic heterocycles. The smallest absolute Gasteiger partial charge is 0.220 e. The van der Waals surface area contributed by atoms with Crippen LogP contribution in [0.5, 0.6) is 5.75 Å². The predicted octanol–water partition coefficient (Wildman–Crippen LogP) is 2.28. The fourth-order valence-corrected chi connectivity index (χ4v) is 3.13. The van der Waals surface area contributed by atoms with E-state index in [1.54, 1.807) is 7.11 Å². The van der Waals surface area contributed by atoms with Gasteiger partial charge in [-0.25, -0.2) is 9.97 Å². The Kier molecular flexibility index (Phi) is 3.66. The summed E-state index contributed by atoms with van der Waals surface area (Å²) in [6.07, 6.45) is 1.32. The van der Waals surface area contributed by atoms with E-state index in [9.17, 15) is 5.21 Å². The second kappa shape index (κ2) is 5.63. The van der Waals surface area contributed by atoms with Gasteiger partial charge in [0.15, 0.2) is 0 Å². The van der Waals surface area contributed by atoms with E-state index in [0.717, 1.165) is 28.3 Å². The molecule has 0 saturated heterocycles. The number of rotatable bonds is 2. The Morgan fingerprint density at radius 1 is 1.27 bits per heavy atom. The van der Waals surface area contributed by atoms with E-state index in [0.29, 0.717) is 18.6 Å². The van der Waals surface area contributed by atoms with Crippen LogP contribution in [-0.2, 0) is 6.42 Å². The highest BCUT2D eigenvalue weighted by molar-refractivity contribution is 6.03. The summed E-state index contributed by atoms with van der Waals surface area (Å²) in [6.45, 7) is 1.85. The number of fused-ring (bicyclic) bond motifs is 1. The number of hydrogen-bond donors (Lipinski definition) is 2. The Balaban J connectivity index is 2.08. The molecular weight excluding hydrogens is 280 g/mol. The van der Waals surface area contributed by atoms with E-state index >= 15 is 0 Å². The summed E-state index contributed by atoms with van der Waals surface area (Å²) in [5, 5.41) is 12.9. The van der Waals surface area contributed by atoms with Crippen LogP contribution in [0.15, 0.2) is 29.4 Å². The zero-order chi connectivity index (χ0) is 15.7. The van der Waals surface area contributed by atoms with Crippen molar-refractivity contribution in [2.75, 3.05) is 12.8 Å². The largest absolute Gasteiger partial charge is 0.496 e. The number of methoxy groups -OCH3 is 1. The highest BCUT2D eigenvalue weighted by atomic mass is 16.5. The molecule has 1 atom stereocenters. The van der Waals surface area contributed by atoms with Crippen molar-refractivity contribution < 1.29 is 9.94 Å². The Labute approximate surface area is 128 Å². The molecule has 3 rings (SSSR count). The zero-order valence-electron chi connectivity index (χ0n) is 12.6. The van der Waals surface area contributed by atoms with Crippen LogP contribution >= 0.6 is 0 Å². The molecule has 0 saturated carbocycles. The van der Waals surface area contributed by atoms with Crippen molar-refractivity contribution in [3.8, 4) is 5.75 Å². The minimum Gasteiger partial charge on any atom is -0.496 e. The van der Waals surface area contributed by atoms with Gasteiger partial charge < -0.3 is 15.7 Å². The maximum atomic E-state index is 9.39. The first-order valence-electron chi connectivity index (χ1n) is 7.11. The van der Waals surface area contributed by atoms with E-state index in [1.165, 1.54) is 0 Å². The summed E-state index contributed by atoms with van der Waals surface area (Å²) in [5.41, 5.74) is 9.80. The Bertz CT molecular complexity index is 743. The van der Waals surface area contributed by atoms with E-state index in [1.807, 2.05) is 31.2 Å². The van der Waals surface area contributed by atoms with Crippen molar-refractivity contribution in [2.45, 2.75) is 25.7 Å². The summed E-state index contributed by atoms with van der Waals surface area (Å²) in [7, 11) is 1.65. The topological polar surface area (TPSA) is 93.6 Å². The van der Waals surface area contributed by atoms with Gasteiger partial charge in [-0.2, -0.15) is 0 Å². The lowest BCUT2D eigenvalue weighted by atomic mass is 9.80. The highest BCUT2D eigenvalue weighted by Crippen LogP contribution is 2.37. The molecule has 0 bridgehead atoms. The fourth-order valence-electron chi connectivity index (χ4n) is 3.13. The van der Waals surface area contributed by atoms with Gasteiger partial charge in [-0.1, -0.05) is 23.4 Å². The standard InChI is InChI=1S/C16H18N4O2/c1-9-15-12(19-16(17)18-9)7-10(8-13(15)20-21)11-5-3-4-6-14(11)22-2/h3-6,10,21H,7-8H2,1-2H3,(H2,17,18,19). The SMILES string of the molecule is COc1ccccc1C1CC(=NO)c2c(C)nc(N)nc2C1. The summed E-state index contributed by atoms with van der Waals surface area (Å²) < 4.78 is 5.44. The van der Waals surface area contributed by atoms with E-state index in [-0.39, 0.29) is 11.9 Å². The van der Waals surface area contributed by atoms with Crippen molar-refractivity contribution in [1.29, 1.82) is 0 Å². The lowest BCUT2D eigenvalue weighted by molar-refractivity contribution is 0.316. The monoisotopic (exact) mass is 298 g/mol. The zero-order valence-corrected chi connectivity index (χ0v) is 12.6. The Hall–Kier alpha value is -2.63. The van der Waals surface area contributed by atoms with E-state index < -0.39 is 0 Å². The number of benzene rings is 1. The number of nitrogen functional groups attached to an aromatic ring is 1.